The van der Waals surface area contributed by atoms with Crippen molar-refractivity contribution >= 4 is 33.5 Å². The molecule has 3 N–H and O–H groups in total. The molecule has 184 valence electrons. The van der Waals surface area contributed by atoms with E-state index in [1.807, 2.05) is 36.7 Å². The molecule has 6 aromatic heterocycles. The number of rotatable bonds is 7. The Morgan fingerprint density at radius 2 is 1.76 bits per heavy atom. The highest BCUT2D eigenvalue weighted by Gasteiger charge is 2.17. The highest BCUT2D eigenvalue weighted by molar-refractivity contribution is 7.08. The maximum Gasteiger partial charge on any atom is 0.162 e. The lowest BCUT2D eigenvalue weighted by Gasteiger charge is -2.07. The van der Waals surface area contributed by atoms with Crippen molar-refractivity contribution in [2.45, 2.75) is 13.1 Å². The molecule has 0 aliphatic heterocycles. The molecule has 0 saturated heterocycles. The van der Waals surface area contributed by atoms with Gasteiger partial charge in [-0.1, -0.05) is 30.3 Å². The summed E-state index contributed by atoms with van der Waals surface area (Å²) in [5.41, 5.74) is 10.0. The fourth-order valence-corrected chi connectivity index (χ4v) is 5.23. The van der Waals surface area contributed by atoms with Crippen LogP contribution in [0.15, 0.2) is 90.0 Å². The van der Waals surface area contributed by atoms with Crippen LogP contribution in [0.4, 0.5) is 0 Å². The molecule has 9 heteroatoms. The highest BCUT2D eigenvalue weighted by Crippen LogP contribution is 2.31. The summed E-state index contributed by atoms with van der Waals surface area (Å²) >= 11 is 1.66. The molecule has 0 unspecified atom stereocenters. The van der Waals surface area contributed by atoms with Crippen LogP contribution in [0.25, 0.3) is 56.1 Å². The molecular weight excluding hydrogens is 492 g/mol. The maximum absolute atomic E-state index is 4.96. The number of hydrogen-bond acceptors (Lipinski definition) is 7. The van der Waals surface area contributed by atoms with Crippen LogP contribution in [0, 0.1) is 0 Å². The van der Waals surface area contributed by atoms with Crippen LogP contribution in [0.1, 0.15) is 11.1 Å². The van der Waals surface area contributed by atoms with Crippen molar-refractivity contribution < 1.29 is 0 Å². The number of pyridine rings is 3. The van der Waals surface area contributed by atoms with Crippen molar-refractivity contribution in [2.75, 3.05) is 0 Å². The predicted octanol–water partition coefficient (Wildman–Crippen LogP) is 5.98. The molecule has 6 heterocycles. The Morgan fingerprint density at radius 3 is 2.66 bits per heavy atom. The Bertz CT molecular complexity index is 1850. The molecule has 38 heavy (non-hydrogen) atoms. The van der Waals surface area contributed by atoms with Crippen LogP contribution < -0.4 is 5.32 Å². The van der Waals surface area contributed by atoms with Crippen LogP contribution in [-0.2, 0) is 13.1 Å². The average molecular weight is 515 g/mol. The topological polar surface area (TPSA) is 108 Å². The van der Waals surface area contributed by atoms with E-state index in [1.54, 1.807) is 17.5 Å². The number of aromatic amines is 2. The Kier molecular flexibility index (Phi) is 5.69. The number of H-pyrrole nitrogens is 2. The summed E-state index contributed by atoms with van der Waals surface area (Å²) in [7, 11) is 0. The molecule has 0 fully saturated rings. The largest absolute Gasteiger partial charge is 0.321 e. The second kappa shape index (κ2) is 9.62. The van der Waals surface area contributed by atoms with Gasteiger partial charge in [0, 0.05) is 42.8 Å². The monoisotopic (exact) mass is 514 g/mol. The van der Waals surface area contributed by atoms with E-state index >= 15 is 0 Å². The first kappa shape index (κ1) is 22.5. The number of hydrogen-bond donors (Lipinski definition) is 3. The third-order valence-corrected chi connectivity index (χ3v) is 7.12. The Morgan fingerprint density at radius 1 is 0.842 bits per heavy atom. The predicted molar refractivity (Wildman–Crippen MR) is 150 cm³/mol. The second-order valence-corrected chi connectivity index (χ2v) is 9.77. The van der Waals surface area contributed by atoms with E-state index in [-0.39, 0.29) is 0 Å². The summed E-state index contributed by atoms with van der Waals surface area (Å²) in [4.78, 5) is 22.1. The normalized spacial score (nSPS) is 11.5. The Hall–Kier alpha value is -4.73. The summed E-state index contributed by atoms with van der Waals surface area (Å²) < 4.78 is 0. The van der Waals surface area contributed by atoms with Crippen LogP contribution in [0.5, 0.6) is 0 Å². The zero-order valence-electron chi connectivity index (χ0n) is 20.2. The van der Waals surface area contributed by atoms with Gasteiger partial charge in [-0.05, 0) is 57.8 Å². The summed E-state index contributed by atoms with van der Waals surface area (Å²) in [6.07, 6.45) is 5.52. The van der Waals surface area contributed by atoms with Crippen molar-refractivity contribution in [3.8, 4) is 33.9 Å². The lowest BCUT2D eigenvalue weighted by Crippen LogP contribution is -2.12. The summed E-state index contributed by atoms with van der Waals surface area (Å²) in [5, 5.41) is 15.3. The first-order valence-corrected chi connectivity index (χ1v) is 13.2. The summed E-state index contributed by atoms with van der Waals surface area (Å²) in [5.74, 6) is 0.628. The number of imidazole rings is 1. The Labute approximate surface area is 221 Å². The molecule has 0 bridgehead atoms. The van der Waals surface area contributed by atoms with Crippen molar-refractivity contribution in [1.82, 2.24) is 40.4 Å². The molecule has 0 aliphatic rings. The molecule has 1 aromatic carbocycles. The molecule has 0 amide bonds. The molecule has 0 atom stereocenters. The number of nitrogens with zero attached hydrogens (tertiary/aromatic N) is 5. The van der Waals surface area contributed by atoms with E-state index in [2.05, 4.69) is 77.6 Å². The minimum atomic E-state index is 0.628. The first-order valence-electron chi connectivity index (χ1n) is 12.2. The van der Waals surface area contributed by atoms with Gasteiger partial charge in [-0.25, -0.2) is 15.0 Å². The number of benzene rings is 1. The van der Waals surface area contributed by atoms with Gasteiger partial charge in [0.05, 0.1) is 11.2 Å². The van der Waals surface area contributed by atoms with E-state index in [0.717, 1.165) is 56.7 Å². The van der Waals surface area contributed by atoms with E-state index < -0.39 is 0 Å². The summed E-state index contributed by atoms with van der Waals surface area (Å²) in [6, 6.07) is 20.5. The average Bonchev–Trinajstić information content (AvgIpc) is 3.73. The number of fused-ring (bicyclic) bond motifs is 2. The minimum absolute atomic E-state index is 0.628. The molecule has 8 nitrogen and oxygen atoms in total. The van der Waals surface area contributed by atoms with Gasteiger partial charge in [-0.3, -0.25) is 10.1 Å². The van der Waals surface area contributed by atoms with Gasteiger partial charge in [-0.2, -0.15) is 16.4 Å². The Balaban J connectivity index is 1.20. The SMILES string of the molecule is c1ccc(CNCc2cncc(-c3ccc4[nH]nc(-c5nc6c(-c7ccsc7)ccnc6[nH]5)c4n3)c2)cc1. The zero-order valence-corrected chi connectivity index (χ0v) is 21.0. The number of aromatic nitrogens is 7. The summed E-state index contributed by atoms with van der Waals surface area (Å²) in [6.45, 7) is 1.52. The molecule has 7 rings (SSSR count). The second-order valence-electron chi connectivity index (χ2n) is 8.99. The van der Waals surface area contributed by atoms with Crippen LogP contribution in [0.3, 0.4) is 0 Å². The standard InChI is InChI=1S/C29H22N8S/c1-2-4-18(5-3-1)13-30-14-19-12-21(16-31-15-19)23-6-7-24-26(33-23)27(37-36-24)29-34-25-22(20-9-11-38-17-20)8-10-32-28(25)35-29/h1-12,15-17,30H,13-14H2,(H,36,37)(H,32,34,35). The maximum atomic E-state index is 4.96. The van der Waals surface area contributed by atoms with Crippen LogP contribution in [-0.4, -0.2) is 35.1 Å². The van der Waals surface area contributed by atoms with Gasteiger partial charge >= 0.3 is 0 Å². The van der Waals surface area contributed by atoms with Crippen molar-refractivity contribution in [3.05, 3.63) is 101 Å². The minimum Gasteiger partial charge on any atom is -0.321 e. The fourth-order valence-electron chi connectivity index (χ4n) is 4.57. The van der Waals surface area contributed by atoms with Crippen molar-refractivity contribution in [2.24, 2.45) is 0 Å². The zero-order chi connectivity index (χ0) is 25.3. The van der Waals surface area contributed by atoms with Gasteiger partial charge in [0.1, 0.15) is 11.0 Å². The third kappa shape index (κ3) is 4.23. The fraction of sp³-hybridized carbons (Fsp3) is 0.0690. The molecule has 0 saturated carbocycles. The van der Waals surface area contributed by atoms with Gasteiger partial charge in [-0.15, -0.1) is 0 Å². The lowest BCUT2D eigenvalue weighted by atomic mass is 10.1. The van der Waals surface area contributed by atoms with Crippen molar-refractivity contribution in [3.63, 3.8) is 0 Å². The molecule has 0 spiro atoms. The third-order valence-electron chi connectivity index (χ3n) is 6.44. The smallest absolute Gasteiger partial charge is 0.162 e. The highest BCUT2D eigenvalue weighted by atomic mass is 32.1. The molecule has 0 radical (unpaired) electrons. The first-order chi connectivity index (χ1) is 18.8. The van der Waals surface area contributed by atoms with Crippen molar-refractivity contribution in [1.29, 1.82) is 0 Å². The van der Waals surface area contributed by atoms with E-state index in [9.17, 15) is 0 Å². The van der Waals surface area contributed by atoms with E-state index in [1.165, 1.54) is 5.56 Å². The molecule has 7 aromatic rings. The molecule has 0 aliphatic carbocycles. The van der Waals surface area contributed by atoms with Gasteiger partial charge in [0.15, 0.2) is 17.2 Å². The lowest BCUT2D eigenvalue weighted by molar-refractivity contribution is 0.691. The van der Waals surface area contributed by atoms with Crippen LogP contribution >= 0.6 is 11.3 Å². The van der Waals surface area contributed by atoms with Gasteiger partial charge in [0.25, 0.3) is 0 Å². The quantitative estimate of drug-likeness (QED) is 0.242. The van der Waals surface area contributed by atoms with Gasteiger partial charge in [0.2, 0.25) is 0 Å². The number of nitrogens with one attached hydrogen (secondary N) is 3. The van der Waals surface area contributed by atoms with E-state index in [4.69, 9.17) is 9.97 Å². The number of thiophene rings is 1. The van der Waals surface area contributed by atoms with Gasteiger partial charge < -0.3 is 10.3 Å². The molecular formula is C29H22N8S. The van der Waals surface area contributed by atoms with Crippen LogP contribution in [0.2, 0.25) is 0 Å². The van der Waals surface area contributed by atoms with E-state index in [0.29, 0.717) is 18.1 Å².